The van der Waals surface area contributed by atoms with Crippen molar-refractivity contribution in [1.82, 2.24) is 19.7 Å². The molecule has 32 heavy (non-hydrogen) atoms. The number of ether oxygens (including phenoxy) is 1. The van der Waals surface area contributed by atoms with Crippen LogP contribution in [0.5, 0.6) is 0 Å². The number of rotatable bonds is 6. The number of piperidine rings is 1. The first-order valence-electron chi connectivity index (χ1n) is 11.4. The van der Waals surface area contributed by atoms with Crippen molar-refractivity contribution in [1.29, 1.82) is 0 Å². The smallest absolute Gasteiger partial charge is 0.354 e. The van der Waals surface area contributed by atoms with Crippen LogP contribution < -0.4 is 4.90 Å². The number of pyridine rings is 2. The second kappa shape index (κ2) is 8.50. The fourth-order valence-electron chi connectivity index (χ4n) is 4.87. The van der Waals surface area contributed by atoms with Crippen molar-refractivity contribution in [2.24, 2.45) is 5.92 Å². The van der Waals surface area contributed by atoms with Gasteiger partial charge in [0.2, 0.25) is 0 Å². The summed E-state index contributed by atoms with van der Waals surface area (Å²) in [5.41, 5.74) is 4.39. The van der Waals surface area contributed by atoms with Crippen LogP contribution in [0.1, 0.15) is 59.9 Å². The van der Waals surface area contributed by atoms with Gasteiger partial charge in [0.05, 0.1) is 22.5 Å². The molecule has 1 aliphatic carbocycles. The van der Waals surface area contributed by atoms with E-state index >= 15 is 0 Å². The molecule has 8 nitrogen and oxygen atoms in total. The van der Waals surface area contributed by atoms with Crippen molar-refractivity contribution in [2.45, 2.75) is 44.9 Å². The van der Waals surface area contributed by atoms with E-state index in [-0.39, 0.29) is 5.69 Å². The van der Waals surface area contributed by atoms with Gasteiger partial charge in [0.25, 0.3) is 0 Å². The average Bonchev–Trinajstić information content (AvgIpc) is 3.12. The molecule has 8 heteroatoms. The second-order valence-corrected chi connectivity index (χ2v) is 9.00. The van der Waals surface area contributed by atoms with Crippen LogP contribution in [-0.2, 0) is 4.74 Å². The van der Waals surface area contributed by atoms with E-state index in [1.165, 1.54) is 6.42 Å². The van der Waals surface area contributed by atoms with Gasteiger partial charge in [0, 0.05) is 44.6 Å². The number of hydrogen-bond donors (Lipinski definition) is 1. The van der Waals surface area contributed by atoms with E-state index < -0.39 is 5.97 Å². The van der Waals surface area contributed by atoms with Gasteiger partial charge in [-0.2, -0.15) is 5.10 Å². The third kappa shape index (κ3) is 3.72. The Morgan fingerprint density at radius 2 is 2.00 bits per heavy atom. The molecule has 5 rings (SSSR count). The van der Waals surface area contributed by atoms with Crippen LogP contribution in [0.3, 0.4) is 0 Å². The van der Waals surface area contributed by atoms with Gasteiger partial charge >= 0.3 is 5.97 Å². The molecule has 0 aromatic carbocycles. The molecule has 3 aromatic rings. The zero-order valence-corrected chi connectivity index (χ0v) is 18.6. The predicted octanol–water partition coefficient (Wildman–Crippen LogP) is 3.95. The molecule has 1 saturated heterocycles. The highest BCUT2D eigenvalue weighted by Crippen LogP contribution is 2.43. The fraction of sp³-hybridized carbons (Fsp3) is 0.500. The first kappa shape index (κ1) is 20.9. The number of aromatic nitrogens is 4. The minimum Gasteiger partial charge on any atom is -0.477 e. The molecule has 3 aromatic heterocycles. The number of carboxylic acids is 1. The third-order valence-electron chi connectivity index (χ3n) is 6.84. The van der Waals surface area contributed by atoms with Crippen LogP contribution in [0.2, 0.25) is 0 Å². The van der Waals surface area contributed by atoms with Gasteiger partial charge in [-0.05, 0) is 56.7 Å². The minimum atomic E-state index is -1.02. The second-order valence-electron chi connectivity index (χ2n) is 9.00. The molecular weight excluding hydrogens is 406 g/mol. The molecule has 0 radical (unpaired) electrons. The quantitative estimate of drug-likeness (QED) is 0.626. The molecule has 0 amide bonds. The van der Waals surface area contributed by atoms with E-state index in [1.807, 2.05) is 23.7 Å². The number of carboxylic acid groups (broad SMARTS) is 1. The molecule has 0 bridgehead atoms. The van der Waals surface area contributed by atoms with Crippen molar-refractivity contribution in [3.05, 3.63) is 41.5 Å². The zero-order valence-electron chi connectivity index (χ0n) is 18.6. The van der Waals surface area contributed by atoms with Crippen molar-refractivity contribution in [2.75, 3.05) is 31.7 Å². The molecule has 4 heterocycles. The standard InChI is InChI=1S/C24H29N5O3/c1-15-12-18(6-9-25-15)29-23-21(22(27-29)17-4-3-5-17)20(13-19(26-23)24(30)31)28-10-7-16(8-11-28)14-32-2/h6,9,12-13,16-17H,3-5,7-8,10-11,14H2,1-2H3,(H,30,31). The highest BCUT2D eigenvalue weighted by Gasteiger charge is 2.31. The molecule has 1 saturated carbocycles. The Hall–Kier alpha value is -3.00. The number of aryl methyl sites for hydroxylation is 1. The molecule has 0 unspecified atom stereocenters. The first-order valence-corrected chi connectivity index (χ1v) is 11.4. The van der Waals surface area contributed by atoms with Gasteiger partial charge < -0.3 is 14.7 Å². The largest absolute Gasteiger partial charge is 0.477 e. The monoisotopic (exact) mass is 435 g/mol. The van der Waals surface area contributed by atoms with Gasteiger partial charge in [-0.25, -0.2) is 14.5 Å². The molecule has 1 N–H and O–H groups in total. The summed E-state index contributed by atoms with van der Waals surface area (Å²) in [6.07, 6.45) is 7.22. The van der Waals surface area contributed by atoms with Crippen molar-refractivity contribution >= 4 is 22.7 Å². The van der Waals surface area contributed by atoms with Crippen LogP contribution >= 0.6 is 0 Å². The summed E-state index contributed by atoms with van der Waals surface area (Å²) in [4.78, 5) is 23.2. The first-order chi connectivity index (χ1) is 15.5. The van der Waals surface area contributed by atoms with Crippen LogP contribution in [-0.4, -0.2) is 57.6 Å². The van der Waals surface area contributed by atoms with Gasteiger partial charge in [-0.15, -0.1) is 0 Å². The number of hydrogen-bond acceptors (Lipinski definition) is 6. The van der Waals surface area contributed by atoms with E-state index in [9.17, 15) is 9.90 Å². The minimum absolute atomic E-state index is 0.0543. The summed E-state index contributed by atoms with van der Waals surface area (Å²) in [5, 5.41) is 15.8. The number of methoxy groups -OCH3 is 1. The lowest BCUT2D eigenvalue weighted by molar-refractivity contribution is 0.0691. The summed E-state index contributed by atoms with van der Waals surface area (Å²) in [6, 6.07) is 5.60. The van der Waals surface area contributed by atoms with Crippen molar-refractivity contribution in [3.63, 3.8) is 0 Å². The van der Waals surface area contributed by atoms with Gasteiger partial charge in [0.1, 0.15) is 0 Å². The van der Waals surface area contributed by atoms with Crippen LogP contribution in [0, 0.1) is 12.8 Å². The lowest BCUT2D eigenvalue weighted by Crippen LogP contribution is -2.35. The Kier molecular flexibility index (Phi) is 5.55. The highest BCUT2D eigenvalue weighted by molar-refractivity contribution is 5.98. The summed E-state index contributed by atoms with van der Waals surface area (Å²) >= 11 is 0. The molecule has 2 aliphatic rings. The molecule has 0 atom stereocenters. The number of aromatic carboxylic acids is 1. The van der Waals surface area contributed by atoms with Crippen molar-refractivity contribution in [3.8, 4) is 5.69 Å². The number of nitrogens with zero attached hydrogens (tertiary/aromatic N) is 5. The van der Waals surface area contributed by atoms with Crippen LogP contribution in [0.25, 0.3) is 16.7 Å². The molecule has 1 aliphatic heterocycles. The maximum atomic E-state index is 12.0. The van der Waals surface area contributed by atoms with Gasteiger partial charge in [0.15, 0.2) is 11.3 Å². The van der Waals surface area contributed by atoms with E-state index in [1.54, 1.807) is 19.4 Å². The van der Waals surface area contributed by atoms with E-state index in [2.05, 4.69) is 14.9 Å². The van der Waals surface area contributed by atoms with E-state index in [0.29, 0.717) is 17.5 Å². The molecular formula is C24H29N5O3. The van der Waals surface area contributed by atoms with E-state index in [0.717, 1.165) is 73.5 Å². The fourth-order valence-corrected chi connectivity index (χ4v) is 4.87. The molecule has 2 fully saturated rings. The average molecular weight is 436 g/mol. The maximum Gasteiger partial charge on any atom is 0.354 e. The summed E-state index contributed by atoms with van der Waals surface area (Å²) in [7, 11) is 1.75. The van der Waals surface area contributed by atoms with Crippen molar-refractivity contribution < 1.29 is 14.6 Å². The van der Waals surface area contributed by atoms with Gasteiger partial charge in [-0.3, -0.25) is 4.98 Å². The van der Waals surface area contributed by atoms with Crippen LogP contribution in [0.4, 0.5) is 5.69 Å². The summed E-state index contributed by atoms with van der Waals surface area (Å²) in [6.45, 7) is 4.45. The number of anilines is 1. The van der Waals surface area contributed by atoms with E-state index in [4.69, 9.17) is 9.84 Å². The Labute approximate surface area is 187 Å². The highest BCUT2D eigenvalue weighted by atomic mass is 16.5. The molecule has 168 valence electrons. The Morgan fingerprint density at radius 3 is 2.62 bits per heavy atom. The predicted molar refractivity (Wildman–Crippen MR) is 122 cm³/mol. The van der Waals surface area contributed by atoms with Crippen LogP contribution in [0.15, 0.2) is 24.4 Å². The Bertz CT molecular complexity index is 1150. The maximum absolute atomic E-state index is 12.0. The normalized spacial score (nSPS) is 17.6. The van der Waals surface area contributed by atoms with Gasteiger partial charge in [-0.1, -0.05) is 6.42 Å². The number of carbonyl (C=O) groups is 1. The Balaban J connectivity index is 1.68. The number of fused-ring (bicyclic) bond motifs is 1. The summed E-state index contributed by atoms with van der Waals surface area (Å²) in [5.74, 6) is -0.0867. The lowest BCUT2D eigenvalue weighted by Gasteiger charge is -2.34. The SMILES string of the molecule is COCC1CCN(c2cc(C(=O)O)nc3c2c(C2CCC2)nn3-c2ccnc(C)c2)CC1. The third-order valence-corrected chi connectivity index (χ3v) is 6.84. The Morgan fingerprint density at radius 1 is 1.22 bits per heavy atom. The summed E-state index contributed by atoms with van der Waals surface area (Å²) < 4.78 is 7.16. The molecule has 0 spiro atoms. The zero-order chi connectivity index (χ0) is 22.2. The lowest BCUT2D eigenvalue weighted by atomic mass is 9.82. The topological polar surface area (TPSA) is 93.4 Å².